The van der Waals surface area contributed by atoms with E-state index in [2.05, 4.69) is 410 Å². The Hall–Kier alpha value is -15.6. The highest BCUT2D eigenvalue weighted by Crippen LogP contribution is 2.58. The van der Waals surface area contributed by atoms with Crippen LogP contribution in [0.1, 0.15) is 99.9 Å². The van der Waals surface area contributed by atoms with Crippen LogP contribution in [-0.4, -0.2) is 34.9 Å². The Morgan fingerprint density at radius 3 is 0.852 bits per heavy atom. The summed E-state index contributed by atoms with van der Waals surface area (Å²) < 4.78 is 0. The second-order valence-electron chi connectivity index (χ2n) is 36.2. The second kappa shape index (κ2) is 31.3. The summed E-state index contributed by atoms with van der Waals surface area (Å²) in [5.74, 6) is 0. The van der Waals surface area contributed by atoms with Crippen LogP contribution < -0.4 is 0 Å². The van der Waals surface area contributed by atoms with Gasteiger partial charge < -0.3 is 0 Å². The normalized spacial score (nSPS) is 13.7. The Morgan fingerprint density at radius 2 is 0.492 bits per heavy atom. The van der Waals surface area contributed by atoms with Crippen LogP contribution in [0, 0.1) is 0 Å². The van der Waals surface area contributed by atoms with E-state index in [-0.39, 0.29) is 21.7 Å². The van der Waals surface area contributed by atoms with Crippen molar-refractivity contribution >= 4 is 54.4 Å². The van der Waals surface area contributed by atoms with Crippen LogP contribution in [0.25, 0.3) is 189 Å². The van der Waals surface area contributed by atoms with Crippen LogP contribution in [0.3, 0.4) is 0 Å². The zero-order chi connectivity index (χ0) is 86.6. The van der Waals surface area contributed by atoms with Crippen molar-refractivity contribution in [1.29, 1.82) is 0 Å². The van der Waals surface area contributed by atoms with Gasteiger partial charge in [0.25, 0.3) is 0 Å². The van der Waals surface area contributed by atoms with Crippen LogP contribution in [-0.2, 0) is 21.7 Å². The first-order chi connectivity index (χ1) is 62.5. The molecule has 7 nitrogen and oxygen atoms in total. The lowest BCUT2D eigenvalue weighted by Crippen LogP contribution is -2.16. The number of pyridine rings is 7. The van der Waals surface area contributed by atoms with E-state index in [1.54, 1.807) is 0 Å². The Kier molecular flexibility index (Phi) is 19.2. The summed E-state index contributed by atoms with van der Waals surface area (Å²) in [7, 11) is 0. The zero-order valence-corrected chi connectivity index (χ0v) is 72.8. The predicted molar refractivity (Wildman–Crippen MR) is 532 cm³/mol. The minimum absolute atomic E-state index is 0.109. The molecule has 25 rings (SSSR count). The van der Waals surface area contributed by atoms with Gasteiger partial charge in [0.2, 0.25) is 0 Å². The van der Waals surface area contributed by atoms with Crippen LogP contribution in [0.5, 0.6) is 0 Å². The number of para-hydroxylation sites is 4. The molecule has 0 aliphatic heterocycles. The highest BCUT2D eigenvalue weighted by molar-refractivity contribution is 6.07. The molecule has 7 aromatic heterocycles. The number of nitrogens with zero attached hydrogens (tertiary/aromatic N) is 7. The molecule has 21 aromatic rings. The van der Waals surface area contributed by atoms with Gasteiger partial charge in [0.05, 0.1) is 50.5 Å². The summed E-state index contributed by atoms with van der Waals surface area (Å²) in [6.45, 7) is 18.6. The Labute approximate surface area is 747 Å². The summed E-state index contributed by atoms with van der Waals surface area (Å²) in [5, 5.41) is 7.37. The largest absolute Gasteiger partial charge is 0.265 e. The first-order valence-electron chi connectivity index (χ1n) is 44.3. The summed E-state index contributed by atoms with van der Waals surface area (Å²) >= 11 is 0. The SMILES string of the molecule is CC1(C)c2ccccc2-c2nc3ccccc3c(-c3ccc(-c4ccc5ccccc5c4)cc3)c21.CC1(C)c2ccccc2-c2nc3ccccc3c(-c3ccc(-c4ccccn4)cc3)c21.CC1(C)c2ccccc2-c2nc3ccccc3c(-c3ccc(-c4cccnc4)cc3)c21.CC1(C)c2ccccc2-c2nc3ccccc3c(-c3ccc(-c4ccncc4)cc3)c21. The van der Waals surface area contributed by atoms with Gasteiger partial charge in [-0.1, -0.05) is 371 Å². The van der Waals surface area contributed by atoms with E-state index >= 15 is 0 Å². The Balaban J connectivity index is 0.000000101. The molecule has 0 amide bonds. The van der Waals surface area contributed by atoms with Gasteiger partial charge in [0, 0.05) is 102 Å². The summed E-state index contributed by atoms with van der Waals surface area (Å²) in [4.78, 5) is 33.5. The van der Waals surface area contributed by atoms with E-state index < -0.39 is 0 Å². The molecule has 0 radical (unpaired) electrons. The van der Waals surface area contributed by atoms with Crippen LogP contribution in [0.2, 0.25) is 0 Å². The van der Waals surface area contributed by atoms with E-state index in [1.807, 2.05) is 67.4 Å². The summed E-state index contributed by atoms with van der Waals surface area (Å²) in [6.07, 6.45) is 9.24. The molecule has 0 fully saturated rings. The molecule has 4 aliphatic carbocycles. The maximum Gasteiger partial charge on any atom is 0.0759 e. The lowest BCUT2D eigenvalue weighted by Gasteiger charge is -2.25. The molecule has 0 unspecified atom stereocenters. The van der Waals surface area contributed by atoms with E-state index in [9.17, 15) is 0 Å². The van der Waals surface area contributed by atoms with Gasteiger partial charge in [-0.2, -0.15) is 0 Å². The third-order valence-corrected chi connectivity index (χ3v) is 27.2. The van der Waals surface area contributed by atoms with Gasteiger partial charge in [-0.05, 0) is 194 Å². The van der Waals surface area contributed by atoms with Crippen molar-refractivity contribution in [2.45, 2.75) is 77.0 Å². The average Bonchev–Trinajstić information content (AvgIpc) is 1.57. The highest BCUT2D eigenvalue weighted by Gasteiger charge is 2.44. The van der Waals surface area contributed by atoms with Crippen LogP contribution >= 0.6 is 0 Å². The molecule has 0 saturated carbocycles. The first kappa shape index (κ1) is 78.4. The molecule has 4 aliphatic rings. The Morgan fingerprint density at radius 1 is 0.195 bits per heavy atom. The van der Waals surface area contributed by atoms with Gasteiger partial charge in [0.15, 0.2) is 0 Å². The third kappa shape index (κ3) is 13.2. The van der Waals surface area contributed by atoms with Crippen molar-refractivity contribution in [3.63, 3.8) is 0 Å². The number of hydrogen-bond donors (Lipinski definition) is 0. The fraction of sp³-hybridized carbons (Fsp3) is 0.0992. The molecule has 610 valence electrons. The monoisotopic (exact) mass is 1640 g/mol. The fourth-order valence-electron chi connectivity index (χ4n) is 21.0. The highest BCUT2D eigenvalue weighted by atomic mass is 14.8. The average molecular weight is 1640 g/mol. The minimum Gasteiger partial charge on any atom is -0.265 e. The van der Waals surface area contributed by atoms with Gasteiger partial charge in [-0.3, -0.25) is 15.0 Å². The van der Waals surface area contributed by atoms with E-state index in [1.165, 1.54) is 171 Å². The molecule has 0 spiro atoms. The van der Waals surface area contributed by atoms with E-state index in [0.29, 0.717) is 0 Å². The smallest absolute Gasteiger partial charge is 0.0759 e. The quantitative estimate of drug-likeness (QED) is 0.150. The topological polar surface area (TPSA) is 90.2 Å². The minimum atomic E-state index is -0.116. The molecule has 7 heteroatoms. The zero-order valence-electron chi connectivity index (χ0n) is 72.8. The number of aromatic nitrogens is 7. The van der Waals surface area contributed by atoms with Gasteiger partial charge >= 0.3 is 0 Å². The molecule has 14 aromatic carbocycles. The molecule has 7 heterocycles. The molecule has 0 N–H and O–H groups in total. The third-order valence-electron chi connectivity index (χ3n) is 27.2. The molecule has 0 bridgehead atoms. The number of fused-ring (bicyclic) bond motifs is 17. The van der Waals surface area contributed by atoms with Crippen molar-refractivity contribution in [3.8, 4) is 134 Å². The van der Waals surface area contributed by atoms with Crippen molar-refractivity contribution in [1.82, 2.24) is 34.9 Å². The molecular formula is C121H91N7. The summed E-state index contributed by atoms with van der Waals surface area (Å²) in [6, 6.07) is 134. The molecule has 0 atom stereocenters. The van der Waals surface area contributed by atoms with Crippen molar-refractivity contribution in [2.75, 3.05) is 0 Å². The maximum absolute atomic E-state index is 5.17. The second-order valence-corrected chi connectivity index (χ2v) is 36.2. The number of benzene rings is 14. The van der Waals surface area contributed by atoms with E-state index in [0.717, 1.165) is 61.7 Å². The van der Waals surface area contributed by atoms with Crippen LogP contribution in [0.15, 0.2) is 407 Å². The lowest BCUT2D eigenvalue weighted by atomic mass is 9.78. The van der Waals surface area contributed by atoms with E-state index in [4.69, 9.17) is 19.9 Å². The predicted octanol–water partition coefficient (Wildman–Crippen LogP) is 30.8. The molecule has 0 saturated heterocycles. The lowest BCUT2D eigenvalue weighted by molar-refractivity contribution is 0.661. The Bertz CT molecular complexity index is 7400. The fourth-order valence-corrected chi connectivity index (χ4v) is 21.0. The molecular weight excluding hydrogens is 1550 g/mol. The van der Waals surface area contributed by atoms with Crippen molar-refractivity contribution in [3.05, 3.63) is 452 Å². The maximum atomic E-state index is 5.17. The summed E-state index contributed by atoms with van der Waals surface area (Å²) in [5.41, 5.74) is 43.3. The standard InChI is InChI=1S/C34H25N.3C29H22N2/c1-34(2)29-13-7-5-11-27(29)33-32(34)31(28-12-6-8-14-30(28)35-33)24-18-15-23(16-19-24)26-20-17-22-9-3-4-10-25(22)21-26;1-29(2)23-11-5-3-9-21(23)28-27(29)26(22-10-4-6-13-25(22)31-28)20-16-14-19(15-17-20)24-12-7-8-18-30-24;1-29(2)24-11-5-3-9-22(24)28-27(29)26(23-10-4-6-12-25(23)31-28)20-15-13-19(14-16-20)21-8-7-17-30-18-21;1-29(2)24-9-5-3-7-22(24)28-27(29)26(23-8-4-6-10-25(23)31-28)21-13-11-19(12-14-21)20-15-17-30-18-16-20/h3-21H,1-2H3;3*3-18H,1-2H3. The first-order valence-corrected chi connectivity index (χ1v) is 44.3. The van der Waals surface area contributed by atoms with Crippen molar-refractivity contribution < 1.29 is 0 Å². The number of hydrogen-bond acceptors (Lipinski definition) is 7. The van der Waals surface area contributed by atoms with Crippen molar-refractivity contribution in [2.24, 2.45) is 0 Å². The molecule has 128 heavy (non-hydrogen) atoms. The number of rotatable bonds is 8. The van der Waals surface area contributed by atoms with Gasteiger partial charge in [0.1, 0.15) is 0 Å². The van der Waals surface area contributed by atoms with Gasteiger partial charge in [-0.25, -0.2) is 19.9 Å². The van der Waals surface area contributed by atoms with Gasteiger partial charge in [-0.15, -0.1) is 0 Å². The van der Waals surface area contributed by atoms with Crippen LogP contribution in [0.4, 0.5) is 0 Å².